The van der Waals surface area contributed by atoms with E-state index in [0.29, 0.717) is 12.1 Å². The normalized spacial score (nSPS) is 33.5. The first kappa shape index (κ1) is 18.9. The average molecular weight is 433 g/mol. The van der Waals surface area contributed by atoms with Gasteiger partial charge >= 0.3 is 0 Å². The van der Waals surface area contributed by atoms with Crippen LogP contribution in [-0.4, -0.2) is 31.6 Å². The number of nitrogens with one attached hydrogen (secondary N) is 1. The van der Waals surface area contributed by atoms with E-state index in [2.05, 4.69) is 46.4 Å². The summed E-state index contributed by atoms with van der Waals surface area (Å²) in [6.45, 7) is 3.00. The summed E-state index contributed by atoms with van der Waals surface area (Å²) in [5.41, 5.74) is 8.41. The fourth-order valence-corrected chi connectivity index (χ4v) is 5.63. The minimum absolute atomic E-state index is 0.0182. The largest absolute Gasteiger partial charge is 0.381 e. The van der Waals surface area contributed by atoms with Gasteiger partial charge in [-0.05, 0) is 61.8 Å². The smallest absolute Gasteiger partial charge is 0.195 e. The van der Waals surface area contributed by atoms with Crippen molar-refractivity contribution in [1.29, 1.82) is 0 Å². The van der Waals surface area contributed by atoms with E-state index in [1.54, 1.807) is 0 Å². The molecule has 1 aromatic carbocycles. The van der Waals surface area contributed by atoms with E-state index >= 15 is 0 Å². The number of halogens is 1. The zero-order valence-corrected chi connectivity index (χ0v) is 17.8. The minimum atomic E-state index is -0.483. The molecule has 2 spiro atoms. The van der Waals surface area contributed by atoms with Crippen LogP contribution in [0.15, 0.2) is 32.7 Å². The molecule has 0 bridgehead atoms. The number of rotatable bonds is 4. The quantitative estimate of drug-likeness (QED) is 0.708. The van der Waals surface area contributed by atoms with Gasteiger partial charge in [0, 0.05) is 23.5 Å². The molecule has 1 aliphatic heterocycles. The van der Waals surface area contributed by atoms with Crippen molar-refractivity contribution in [2.75, 3.05) is 13.7 Å². The molecule has 1 atom stereocenters. The molecule has 1 saturated carbocycles. The van der Waals surface area contributed by atoms with Gasteiger partial charge in [-0.1, -0.05) is 35.3 Å². The minimum Gasteiger partial charge on any atom is -0.381 e. The molecule has 3 N–H and O–H groups in total. The summed E-state index contributed by atoms with van der Waals surface area (Å²) in [5.74, 6) is 1.44. The lowest BCUT2D eigenvalue weighted by molar-refractivity contribution is 0.0119. The van der Waals surface area contributed by atoms with Crippen LogP contribution in [0.4, 0.5) is 0 Å². The van der Waals surface area contributed by atoms with E-state index < -0.39 is 5.54 Å². The number of ether oxygens (including phenoxy) is 1. The summed E-state index contributed by atoms with van der Waals surface area (Å²) >= 11 is 3.67. The molecule has 1 fully saturated rings. The molecule has 1 aromatic rings. The van der Waals surface area contributed by atoms with Gasteiger partial charge in [0.2, 0.25) is 0 Å². The highest BCUT2D eigenvalue weighted by Crippen LogP contribution is 2.61. The lowest BCUT2D eigenvalue weighted by Crippen LogP contribution is -2.51. The van der Waals surface area contributed by atoms with Crippen LogP contribution in [0.3, 0.4) is 0 Å². The van der Waals surface area contributed by atoms with Crippen LogP contribution in [0.25, 0.3) is 0 Å². The number of nitrogens with two attached hydrogens (primary N) is 1. The van der Waals surface area contributed by atoms with Crippen LogP contribution in [0.2, 0.25) is 0 Å². The van der Waals surface area contributed by atoms with Gasteiger partial charge < -0.3 is 15.8 Å². The highest BCUT2D eigenvalue weighted by atomic mass is 79.9. The Hall–Kier alpha value is -1.40. The van der Waals surface area contributed by atoms with Crippen molar-refractivity contribution in [2.45, 2.75) is 63.5 Å². The Balaban J connectivity index is 1.84. The molecule has 5 nitrogen and oxygen atoms in total. The van der Waals surface area contributed by atoms with Crippen LogP contribution in [0.1, 0.15) is 56.6 Å². The van der Waals surface area contributed by atoms with Gasteiger partial charge in [-0.25, -0.2) is 4.99 Å². The maximum absolute atomic E-state index is 6.24. The zero-order chi connectivity index (χ0) is 19.1. The molecule has 2 aliphatic carbocycles. The summed E-state index contributed by atoms with van der Waals surface area (Å²) in [5, 5.41) is 3.33. The molecule has 6 heteroatoms. The SMILES string of the molecule is CCCC/N=C1\NC(N)=NC12c1cc(Br)ccc1CC21CCC(OC)CC1. The van der Waals surface area contributed by atoms with Crippen LogP contribution in [0.5, 0.6) is 0 Å². The molecule has 0 radical (unpaired) electrons. The van der Waals surface area contributed by atoms with Gasteiger partial charge in [-0.3, -0.25) is 4.99 Å². The van der Waals surface area contributed by atoms with Gasteiger partial charge in [0.15, 0.2) is 11.5 Å². The van der Waals surface area contributed by atoms with Crippen molar-refractivity contribution in [1.82, 2.24) is 5.32 Å². The van der Waals surface area contributed by atoms with Gasteiger partial charge in [-0.15, -0.1) is 0 Å². The van der Waals surface area contributed by atoms with E-state index in [9.17, 15) is 0 Å². The Labute approximate surface area is 170 Å². The maximum Gasteiger partial charge on any atom is 0.195 e. The van der Waals surface area contributed by atoms with Crippen LogP contribution in [0, 0.1) is 5.41 Å². The van der Waals surface area contributed by atoms with E-state index in [-0.39, 0.29) is 5.41 Å². The topological polar surface area (TPSA) is 72.0 Å². The number of hydrogen-bond donors (Lipinski definition) is 2. The first-order valence-corrected chi connectivity index (χ1v) is 10.8. The van der Waals surface area contributed by atoms with Gasteiger partial charge in [-0.2, -0.15) is 0 Å². The Kier molecular flexibility index (Phi) is 5.06. The predicted octanol–water partition coefficient (Wildman–Crippen LogP) is 3.89. The molecule has 0 amide bonds. The summed E-state index contributed by atoms with van der Waals surface area (Å²) in [7, 11) is 1.82. The molecular weight excluding hydrogens is 404 g/mol. The van der Waals surface area contributed by atoms with E-state index in [4.69, 9.17) is 20.5 Å². The second kappa shape index (κ2) is 7.21. The third-order valence-corrected chi connectivity index (χ3v) is 7.13. The van der Waals surface area contributed by atoms with Crippen molar-refractivity contribution in [3.8, 4) is 0 Å². The van der Waals surface area contributed by atoms with Crippen LogP contribution >= 0.6 is 15.9 Å². The third-order valence-electron chi connectivity index (χ3n) is 6.64. The Bertz CT molecular complexity index is 782. The number of amidine groups is 1. The highest BCUT2D eigenvalue weighted by molar-refractivity contribution is 9.10. The third kappa shape index (κ3) is 2.92. The number of fused-ring (bicyclic) bond motifs is 3. The van der Waals surface area contributed by atoms with Crippen molar-refractivity contribution in [2.24, 2.45) is 21.1 Å². The van der Waals surface area contributed by atoms with E-state index in [0.717, 1.165) is 61.8 Å². The summed E-state index contributed by atoms with van der Waals surface area (Å²) in [4.78, 5) is 10.1. The maximum atomic E-state index is 6.24. The van der Waals surface area contributed by atoms with Crippen molar-refractivity contribution in [3.63, 3.8) is 0 Å². The number of guanidine groups is 1. The monoisotopic (exact) mass is 432 g/mol. The summed E-state index contributed by atoms with van der Waals surface area (Å²) in [6, 6.07) is 6.60. The number of aliphatic imine (C=N–C) groups is 2. The number of nitrogens with zero attached hydrogens (tertiary/aromatic N) is 2. The molecule has 1 heterocycles. The Morgan fingerprint density at radius 2 is 2.15 bits per heavy atom. The molecule has 27 heavy (non-hydrogen) atoms. The lowest BCUT2D eigenvalue weighted by atomic mass is 9.61. The molecular formula is C21H29BrN4O. The van der Waals surface area contributed by atoms with Crippen molar-refractivity contribution >= 4 is 27.7 Å². The van der Waals surface area contributed by atoms with Crippen LogP contribution in [-0.2, 0) is 16.7 Å². The number of unbranched alkanes of at least 4 members (excludes halogenated alkanes) is 1. The number of methoxy groups -OCH3 is 1. The predicted molar refractivity (Wildman–Crippen MR) is 113 cm³/mol. The average Bonchev–Trinajstić information content (AvgIpc) is 3.13. The van der Waals surface area contributed by atoms with E-state index in [1.807, 2.05) is 7.11 Å². The second-order valence-corrected chi connectivity index (χ2v) is 9.03. The number of hydrogen-bond acceptors (Lipinski definition) is 4. The van der Waals surface area contributed by atoms with Gasteiger partial charge in [0.25, 0.3) is 0 Å². The van der Waals surface area contributed by atoms with Gasteiger partial charge in [0.05, 0.1) is 6.10 Å². The Morgan fingerprint density at radius 1 is 1.37 bits per heavy atom. The fraction of sp³-hybridized carbons (Fsp3) is 0.619. The summed E-state index contributed by atoms with van der Waals surface area (Å²) in [6.07, 6.45) is 7.84. The molecule has 146 valence electrons. The first-order valence-electron chi connectivity index (χ1n) is 10.0. The van der Waals surface area contributed by atoms with Crippen molar-refractivity contribution < 1.29 is 4.74 Å². The van der Waals surface area contributed by atoms with Crippen LogP contribution < -0.4 is 11.1 Å². The van der Waals surface area contributed by atoms with Gasteiger partial charge in [0.1, 0.15) is 5.84 Å². The molecule has 3 aliphatic rings. The summed E-state index contributed by atoms with van der Waals surface area (Å²) < 4.78 is 6.74. The highest BCUT2D eigenvalue weighted by Gasteiger charge is 2.63. The standard InChI is InChI=1S/C21H29BrN4O/c1-3-4-11-24-18-21(26-19(23)25-18)17-12-15(22)6-5-14(17)13-20(21)9-7-16(27-2)8-10-20/h5-6,12,16H,3-4,7-11,13H2,1-2H3,(H3,23,24,25,26). The zero-order valence-electron chi connectivity index (χ0n) is 16.2. The fourth-order valence-electron chi connectivity index (χ4n) is 5.27. The molecule has 4 rings (SSSR count). The van der Waals surface area contributed by atoms with E-state index in [1.165, 1.54) is 11.1 Å². The van der Waals surface area contributed by atoms with Crippen molar-refractivity contribution in [3.05, 3.63) is 33.8 Å². The molecule has 0 aromatic heterocycles. The molecule has 0 saturated heterocycles. The second-order valence-electron chi connectivity index (χ2n) is 8.11. The molecule has 1 unspecified atom stereocenters. The Morgan fingerprint density at radius 3 is 2.85 bits per heavy atom. The number of benzene rings is 1. The lowest BCUT2D eigenvalue weighted by Gasteiger charge is -2.46. The first-order chi connectivity index (χ1) is 13.0.